The molecule has 0 aromatic heterocycles. The van der Waals surface area contributed by atoms with Crippen LogP contribution in [0.15, 0.2) is 12.1 Å². The standard InChI is InChI=1S/C21H35N3O3/c1-7-11-12-27-21(26)22-18-13-16(5)20(17(6)14-18)23-19(25)15-24(8-2,9-3)10-4/h13-14H,7-12,15H2,1-6H3,(H-,22,23,25,26)/p+1. The van der Waals surface area contributed by atoms with Gasteiger partial charge in [0.05, 0.1) is 26.2 Å². The molecule has 0 aliphatic rings. The highest BCUT2D eigenvalue weighted by molar-refractivity contribution is 5.94. The summed E-state index contributed by atoms with van der Waals surface area (Å²) in [6, 6.07) is 3.70. The Hall–Kier alpha value is -2.08. The number of hydrogen-bond donors (Lipinski definition) is 2. The second kappa shape index (κ2) is 10.9. The Morgan fingerprint density at radius 1 is 0.963 bits per heavy atom. The number of ether oxygens (including phenoxy) is 1. The normalized spacial score (nSPS) is 11.2. The summed E-state index contributed by atoms with van der Waals surface area (Å²) >= 11 is 0. The Morgan fingerprint density at radius 3 is 2.00 bits per heavy atom. The smallest absolute Gasteiger partial charge is 0.411 e. The van der Waals surface area contributed by atoms with Gasteiger partial charge >= 0.3 is 6.09 Å². The summed E-state index contributed by atoms with van der Waals surface area (Å²) in [5.74, 6) is 0.0198. The predicted molar refractivity (Wildman–Crippen MR) is 111 cm³/mol. The molecule has 0 spiro atoms. The van der Waals surface area contributed by atoms with E-state index in [1.54, 1.807) is 0 Å². The van der Waals surface area contributed by atoms with Crippen molar-refractivity contribution in [3.05, 3.63) is 23.3 Å². The van der Waals surface area contributed by atoms with Crippen LogP contribution in [0.2, 0.25) is 0 Å². The average Bonchev–Trinajstić information content (AvgIpc) is 2.63. The SMILES string of the molecule is CCCCOC(=O)Nc1cc(C)c(NC(=O)C[N+](CC)(CC)CC)c(C)c1. The summed E-state index contributed by atoms with van der Waals surface area (Å²) in [5, 5.41) is 5.81. The zero-order valence-electron chi connectivity index (χ0n) is 17.8. The summed E-state index contributed by atoms with van der Waals surface area (Å²) in [5.41, 5.74) is 3.31. The number of benzene rings is 1. The lowest BCUT2D eigenvalue weighted by Gasteiger charge is -2.35. The molecule has 1 rings (SSSR count). The van der Waals surface area contributed by atoms with Crippen molar-refractivity contribution in [1.82, 2.24) is 0 Å². The van der Waals surface area contributed by atoms with E-state index in [-0.39, 0.29) is 5.91 Å². The van der Waals surface area contributed by atoms with E-state index in [4.69, 9.17) is 4.74 Å². The fourth-order valence-corrected chi connectivity index (χ4v) is 3.19. The minimum absolute atomic E-state index is 0.0198. The van der Waals surface area contributed by atoms with E-state index in [1.807, 2.05) is 32.9 Å². The molecule has 6 heteroatoms. The van der Waals surface area contributed by atoms with Crippen LogP contribution >= 0.6 is 0 Å². The monoisotopic (exact) mass is 378 g/mol. The lowest BCUT2D eigenvalue weighted by atomic mass is 10.1. The molecular weight excluding hydrogens is 342 g/mol. The van der Waals surface area contributed by atoms with Crippen LogP contribution in [0, 0.1) is 13.8 Å². The lowest BCUT2D eigenvalue weighted by Crippen LogP contribution is -2.52. The van der Waals surface area contributed by atoms with Crippen LogP contribution < -0.4 is 10.6 Å². The molecule has 0 saturated carbocycles. The highest BCUT2D eigenvalue weighted by Gasteiger charge is 2.25. The van der Waals surface area contributed by atoms with Crippen molar-refractivity contribution in [2.75, 3.05) is 43.4 Å². The highest BCUT2D eigenvalue weighted by atomic mass is 16.5. The number of amides is 2. The number of nitrogens with one attached hydrogen (secondary N) is 2. The molecule has 0 bridgehead atoms. The number of aryl methyl sites for hydroxylation is 2. The number of rotatable bonds is 10. The molecule has 0 aliphatic carbocycles. The number of unbranched alkanes of at least 4 members (excludes halogenated alkanes) is 1. The second-order valence-electron chi connectivity index (χ2n) is 7.10. The number of carbonyl (C=O) groups excluding carboxylic acids is 2. The molecule has 0 saturated heterocycles. The zero-order valence-corrected chi connectivity index (χ0v) is 17.8. The van der Waals surface area contributed by atoms with Gasteiger partial charge in [0.25, 0.3) is 5.91 Å². The van der Waals surface area contributed by atoms with Gasteiger partial charge in [0.2, 0.25) is 0 Å². The summed E-state index contributed by atoms with van der Waals surface area (Å²) < 4.78 is 5.90. The minimum Gasteiger partial charge on any atom is -0.449 e. The van der Waals surface area contributed by atoms with Crippen molar-refractivity contribution in [3.8, 4) is 0 Å². The lowest BCUT2D eigenvalue weighted by molar-refractivity contribution is -0.915. The van der Waals surface area contributed by atoms with Gasteiger partial charge < -0.3 is 14.5 Å². The van der Waals surface area contributed by atoms with Crippen molar-refractivity contribution in [2.24, 2.45) is 0 Å². The first kappa shape index (κ1) is 23.0. The van der Waals surface area contributed by atoms with Crippen molar-refractivity contribution in [2.45, 2.75) is 54.4 Å². The van der Waals surface area contributed by atoms with E-state index in [0.29, 0.717) is 18.8 Å². The number of likely N-dealkylation sites (N-methyl/N-ethyl adjacent to an activating group) is 1. The van der Waals surface area contributed by atoms with Crippen LogP contribution in [0.3, 0.4) is 0 Å². The Kier molecular flexibility index (Phi) is 9.29. The van der Waals surface area contributed by atoms with E-state index in [1.165, 1.54) is 0 Å². The number of quaternary nitrogens is 1. The molecule has 1 aromatic carbocycles. The molecule has 27 heavy (non-hydrogen) atoms. The van der Waals surface area contributed by atoms with Crippen molar-refractivity contribution < 1.29 is 18.8 Å². The van der Waals surface area contributed by atoms with Crippen LogP contribution in [0.1, 0.15) is 51.7 Å². The van der Waals surface area contributed by atoms with Gasteiger partial charge in [-0.1, -0.05) is 13.3 Å². The van der Waals surface area contributed by atoms with Crippen molar-refractivity contribution >= 4 is 23.4 Å². The van der Waals surface area contributed by atoms with E-state index >= 15 is 0 Å². The average molecular weight is 379 g/mol. The van der Waals surface area contributed by atoms with E-state index in [0.717, 1.165) is 53.8 Å². The molecule has 0 unspecified atom stereocenters. The third-order valence-corrected chi connectivity index (χ3v) is 5.27. The quantitative estimate of drug-likeness (QED) is 0.466. The highest BCUT2D eigenvalue weighted by Crippen LogP contribution is 2.25. The molecule has 0 heterocycles. The van der Waals surface area contributed by atoms with Gasteiger partial charge in [0, 0.05) is 11.4 Å². The summed E-state index contributed by atoms with van der Waals surface area (Å²) in [6.45, 7) is 15.9. The van der Waals surface area contributed by atoms with Gasteiger partial charge in [-0.3, -0.25) is 10.1 Å². The molecule has 152 valence electrons. The molecule has 0 aliphatic heterocycles. The molecule has 1 aromatic rings. The first-order valence-corrected chi connectivity index (χ1v) is 10.0. The zero-order chi connectivity index (χ0) is 20.4. The van der Waals surface area contributed by atoms with Crippen molar-refractivity contribution in [1.29, 1.82) is 0 Å². The molecule has 0 radical (unpaired) electrons. The topological polar surface area (TPSA) is 67.4 Å². The number of nitrogens with zero attached hydrogens (tertiary/aromatic N) is 1. The van der Waals surface area contributed by atoms with Gasteiger partial charge in [0.15, 0.2) is 6.54 Å². The molecule has 2 amide bonds. The maximum absolute atomic E-state index is 12.6. The van der Waals surface area contributed by atoms with Gasteiger partial charge in [0.1, 0.15) is 0 Å². The summed E-state index contributed by atoms with van der Waals surface area (Å²) in [4.78, 5) is 24.4. The molecule has 2 N–H and O–H groups in total. The van der Waals surface area contributed by atoms with Crippen molar-refractivity contribution in [3.63, 3.8) is 0 Å². The minimum atomic E-state index is -0.449. The fourth-order valence-electron chi connectivity index (χ4n) is 3.19. The predicted octanol–water partition coefficient (Wildman–Crippen LogP) is 4.47. The first-order valence-electron chi connectivity index (χ1n) is 10.0. The van der Waals surface area contributed by atoms with E-state index in [2.05, 4.69) is 31.4 Å². The van der Waals surface area contributed by atoms with Crippen LogP contribution in [0.5, 0.6) is 0 Å². The Bertz CT molecular complexity index is 608. The Labute approximate surface area is 163 Å². The van der Waals surface area contributed by atoms with Crippen LogP contribution in [-0.4, -0.2) is 49.3 Å². The third kappa shape index (κ3) is 6.86. The molecule has 0 atom stereocenters. The van der Waals surface area contributed by atoms with Gasteiger partial charge in [-0.15, -0.1) is 0 Å². The summed E-state index contributed by atoms with van der Waals surface area (Å²) in [7, 11) is 0. The molecule has 0 fully saturated rings. The second-order valence-corrected chi connectivity index (χ2v) is 7.10. The third-order valence-electron chi connectivity index (χ3n) is 5.27. The number of hydrogen-bond acceptors (Lipinski definition) is 3. The van der Waals surface area contributed by atoms with E-state index < -0.39 is 6.09 Å². The van der Waals surface area contributed by atoms with Gasteiger partial charge in [-0.25, -0.2) is 4.79 Å². The maximum atomic E-state index is 12.6. The maximum Gasteiger partial charge on any atom is 0.411 e. The molecular formula is C21H36N3O3+. The van der Waals surface area contributed by atoms with Gasteiger partial charge in [-0.05, 0) is 64.3 Å². The largest absolute Gasteiger partial charge is 0.449 e. The van der Waals surface area contributed by atoms with Crippen LogP contribution in [0.25, 0.3) is 0 Å². The Balaban J connectivity index is 2.80. The Morgan fingerprint density at radius 2 is 1.52 bits per heavy atom. The van der Waals surface area contributed by atoms with Gasteiger partial charge in [-0.2, -0.15) is 0 Å². The number of anilines is 2. The molecule has 6 nitrogen and oxygen atoms in total. The van der Waals surface area contributed by atoms with Crippen LogP contribution in [-0.2, 0) is 9.53 Å². The van der Waals surface area contributed by atoms with Crippen LogP contribution in [0.4, 0.5) is 16.2 Å². The number of carbonyl (C=O) groups is 2. The first-order chi connectivity index (χ1) is 12.8. The summed E-state index contributed by atoms with van der Waals surface area (Å²) in [6.07, 6.45) is 1.38. The van der Waals surface area contributed by atoms with E-state index in [9.17, 15) is 9.59 Å². The fraction of sp³-hybridized carbons (Fsp3) is 0.619.